The van der Waals surface area contributed by atoms with E-state index in [2.05, 4.69) is 12.2 Å². The number of ether oxygens (including phenoxy) is 1. The second-order valence-electron chi connectivity index (χ2n) is 4.71. The lowest BCUT2D eigenvalue weighted by Gasteiger charge is -2.31. The molecule has 2 nitrogen and oxygen atoms in total. The van der Waals surface area contributed by atoms with Crippen LogP contribution in [-0.4, -0.2) is 25.8 Å². The maximum absolute atomic E-state index is 5.43. The van der Waals surface area contributed by atoms with Gasteiger partial charge < -0.3 is 10.1 Å². The number of hydrogen-bond donors (Lipinski definition) is 1. The Morgan fingerprint density at radius 2 is 1.93 bits per heavy atom. The lowest BCUT2D eigenvalue weighted by atomic mass is 9.82. The zero-order valence-electron chi connectivity index (χ0n) is 9.30. The van der Waals surface area contributed by atoms with Crippen molar-refractivity contribution in [2.75, 3.05) is 19.8 Å². The van der Waals surface area contributed by atoms with E-state index in [-0.39, 0.29) is 0 Å². The Morgan fingerprint density at radius 1 is 1.14 bits per heavy atom. The first kappa shape index (κ1) is 10.4. The van der Waals surface area contributed by atoms with Crippen molar-refractivity contribution in [2.45, 2.75) is 45.1 Å². The Kier molecular flexibility index (Phi) is 3.82. The Balaban J connectivity index is 1.87. The summed E-state index contributed by atoms with van der Waals surface area (Å²) in [5.74, 6) is 1.88. The van der Waals surface area contributed by atoms with Crippen LogP contribution in [0.25, 0.3) is 0 Å². The maximum atomic E-state index is 5.43. The van der Waals surface area contributed by atoms with Crippen molar-refractivity contribution in [3.63, 3.8) is 0 Å². The molecule has 0 amide bonds. The fraction of sp³-hybridized carbons (Fsp3) is 1.00. The van der Waals surface area contributed by atoms with Crippen LogP contribution in [-0.2, 0) is 4.74 Å². The van der Waals surface area contributed by atoms with Crippen molar-refractivity contribution in [2.24, 2.45) is 11.8 Å². The smallest absolute Gasteiger partial charge is 0.0468 e. The maximum Gasteiger partial charge on any atom is 0.0468 e. The average molecular weight is 197 g/mol. The number of nitrogens with one attached hydrogen (secondary N) is 1. The van der Waals surface area contributed by atoms with Gasteiger partial charge in [-0.05, 0) is 44.1 Å². The van der Waals surface area contributed by atoms with Crippen LogP contribution in [0.1, 0.15) is 39.0 Å². The minimum Gasteiger partial charge on any atom is -0.381 e. The molecule has 2 fully saturated rings. The molecule has 0 aromatic heterocycles. The summed E-state index contributed by atoms with van der Waals surface area (Å²) in [5.41, 5.74) is 0. The molecule has 0 aromatic rings. The van der Waals surface area contributed by atoms with Gasteiger partial charge in [-0.2, -0.15) is 0 Å². The molecule has 1 saturated carbocycles. The van der Waals surface area contributed by atoms with Crippen molar-refractivity contribution >= 4 is 0 Å². The van der Waals surface area contributed by atoms with E-state index in [1.54, 1.807) is 0 Å². The van der Waals surface area contributed by atoms with Crippen molar-refractivity contribution in [1.82, 2.24) is 5.32 Å². The van der Waals surface area contributed by atoms with Crippen LogP contribution < -0.4 is 5.32 Å². The number of rotatable bonds is 3. The average Bonchev–Trinajstić information content (AvgIpc) is 2.68. The van der Waals surface area contributed by atoms with Crippen LogP contribution in [0.4, 0.5) is 0 Å². The standard InChI is InChI=1S/C12H23NO/c1-2-13-12-5-3-4-11(12)10-6-8-14-9-7-10/h10-13H,2-9H2,1H3. The van der Waals surface area contributed by atoms with Crippen molar-refractivity contribution in [3.05, 3.63) is 0 Å². The predicted octanol–water partition coefficient (Wildman–Crippen LogP) is 2.19. The second kappa shape index (κ2) is 5.13. The second-order valence-corrected chi connectivity index (χ2v) is 4.71. The van der Waals surface area contributed by atoms with Gasteiger partial charge in [0.05, 0.1) is 0 Å². The van der Waals surface area contributed by atoms with Gasteiger partial charge in [0.15, 0.2) is 0 Å². The van der Waals surface area contributed by atoms with Gasteiger partial charge >= 0.3 is 0 Å². The van der Waals surface area contributed by atoms with Crippen LogP contribution in [0.5, 0.6) is 0 Å². The molecule has 2 heteroatoms. The first-order valence-electron chi connectivity index (χ1n) is 6.23. The molecule has 1 aliphatic carbocycles. The summed E-state index contributed by atoms with van der Waals surface area (Å²) in [4.78, 5) is 0. The molecular formula is C12H23NO. The third-order valence-electron chi connectivity index (χ3n) is 3.91. The van der Waals surface area contributed by atoms with Gasteiger partial charge in [0.2, 0.25) is 0 Å². The van der Waals surface area contributed by atoms with Crippen LogP contribution in [0, 0.1) is 11.8 Å². The largest absolute Gasteiger partial charge is 0.381 e. The quantitative estimate of drug-likeness (QED) is 0.749. The molecule has 0 spiro atoms. The minimum absolute atomic E-state index is 0.808. The van der Waals surface area contributed by atoms with E-state index in [9.17, 15) is 0 Å². The third-order valence-corrected chi connectivity index (χ3v) is 3.91. The van der Waals surface area contributed by atoms with Crippen molar-refractivity contribution < 1.29 is 4.74 Å². The van der Waals surface area contributed by atoms with Gasteiger partial charge in [0.25, 0.3) is 0 Å². The highest BCUT2D eigenvalue weighted by Crippen LogP contribution is 2.36. The topological polar surface area (TPSA) is 21.3 Å². The van der Waals surface area contributed by atoms with Crippen LogP contribution >= 0.6 is 0 Å². The summed E-state index contributed by atoms with van der Waals surface area (Å²) < 4.78 is 5.43. The van der Waals surface area contributed by atoms with E-state index < -0.39 is 0 Å². The summed E-state index contributed by atoms with van der Waals surface area (Å²) in [7, 11) is 0. The Hall–Kier alpha value is -0.0800. The SMILES string of the molecule is CCNC1CCCC1C1CCOCC1. The van der Waals surface area contributed by atoms with E-state index in [0.29, 0.717) is 0 Å². The molecule has 2 unspecified atom stereocenters. The first-order chi connectivity index (χ1) is 6.92. The summed E-state index contributed by atoms with van der Waals surface area (Å²) >= 11 is 0. The van der Waals surface area contributed by atoms with Gasteiger partial charge in [-0.3, -0.25) is 0 Å². The molecule has 0 bridgehead atoms. The number of hydrogen-bond acceptors (Lipinski definition) is 2. The van der Waals surface area contributed by atoms with Gasteiger partial charge in [0.1, 0.15) is 0 Å². The predicted molar refractivity (Wildman–Crippen MR) is 58.3 cm³/mol. The van der Waals surface area contributed by atoms with Crippen LogP contribution in [0.15, 0.2) is 0 Å². The molecule has 2 atom stereocenters. The Bertz CT molecular complexity index is 166. The summed E-state index contributed by atoms with van der Waals surface area (Å²) in [5, 5.41) is 3.65. The van der Waals surface area contributed by atoms with E-state index in [1.807, 2.05) is 0 Å². The molecule has 2 rings (SSSR count). The highest BCUT2D eigenvalue weighted by Gasteiger charge is 2.33. The van der Waals surface area contributed by atoms with E-state index in [0.717, 1.165) is 37.6 Å². The molecule has 1 saturated heterocycles. The molecule has 14 heavy (non-hydrogen) atoms. The van der Waals surface area contributed by atoms with E-state index >= 15 is 0 Å². The molecule has 1 N–H and O–H groups in total. The molecule has 82 valence electrons. The molecule has 0 aromatic carbocycles. The normalized spacial score (nSPS) is 34.9. The molecule has 1 aliphatic heterocycles. The van der Waals surface area contributed by atoms with Crippen molar-refractivity contribution in [3.8, 4) is 0 Å². The first-order valence-corrected chi connectivity index (χ1v) is 6.23. The highest BCUT2D eigenvalue weighted by atomic mass is 16.5. The third kappa shape index (κ3) is 2.29. The van der Waals surface area contributed by atoms with Gasteiger partial charge in [-0.25, -0.2) is 0 Å². The molecule has 0 radical (unpaired) electrons. The fourth-order valence-electron chi connectivity index (χ4n) is 3.21. The van der Waals surface area contributed by atoms with E-state index in [4.69, 9.17) is 4.74 Å². The summed E-state index contributed by atoms with van der Waals surface area (Å²) in [6.07, 6.45) is 6.87. The van der Waals surface area contributed by atoms with Crippen LogP contribution in [0.3, 0.4) is 0 Å². The lowest BCUT2D eigenvalue weighted by Crippen LogP contribution is -2.37. The minimum atomic E-state index is 0.808. The summed E-state index contributed by atoms with van der Waals surface area (Å²) in [6.45, 7) is 5.35. The van der Waals surface area contributed by atoms with Gasteiger partial charge in [0, 0.05) is 19.3 Å². The zero-order valence-corrected chi connectivity index (χ0v) is 9.30. The Labute approximate surface area is 87.4 Å². The Morgan fingerprint density at radius 3 is 2.64 bits per heavy atom. The highest BCUT2D eigenvalue weighted by molar-refractivity contribution is 4.88. The van der Waals surface area contributed by atoms with Crippen LogP contribution in [0.2, 0.25) is 0 Å². The molecular weight excluding hydrogens is 174 g/mol. The van der Waals surface area contributed by atoms with Gasteiger partial charge in [-0.1, -0.05) is 13.3 Å². The lowest BCUT2D eigenvalue weighted by molar-refractivity contribution is 0.0429. The van der Waals surface area contributed by atoms with E-state index in [1.165, 1.54) is 32.1 Å². The molecule has 1 heterocycles. The fourth-order valence-corrected chi connectivity index (χ4v) is 3.21. The van der Waals surface area contributed by atoms with Gasteiger partial charge in [-0.15, -0.1) is 0 Å². The monoisotopic (exact) mass is 197 g/mol. The van der Waals surface area contributed by atoms with Crippen molar-refractivity contribution in [1.29, 1.82) is 0 Å². The summed E-state index contributed by atoms with van der Waals surface area (Å²) in [6, 6.07) is 0.808. The zero-order chi connectivity index (χ0) is 9.80. The molecule has 2 aliphatic rings.